The number of carbonyl (C=O) groups is 1. The summed E-state index contributed by atoms with van der Waals surface area (Å²) in [7, 11) is 1.80. The Morgan fingerprint density at radius 2 is 2.33 bits per heavy atom. The van der Waals surface area contributed by atoms with Crippen molar-refractivity contribution in [3.8, 4) is 0 Å². The molecule has 0 radical (unpaired) electrons. The maximum absolute atomic E-state index is 12.5. The highest BCUT2D eigenvalue weighted by atomic mass is 32.2. The fourth-order valence-corrected chi connectivity index (χ4v) is 3.19. The minimum Gasteiger partial charge on any atom is -0.373 e. The van der Waals surface area contributed by atoms with Crippen LogP contribution in [0, 0.1) is 0 Å². The van der Waals surface area contributed by atoms with Gasteiger partial charge >= 0.3 is 0 Å². The second-order valence-corrected chi connectivity index (χ2v) is 5.98. The zero-order valence-electron chi connectivity index (χ0n) is 11.0. The molecule has 1 N–H and O–H groups in total. The van der Waals surface area contributed by atoms with Crippen LogP contribution < -0.4 is 5.32 Å². The smallest absolute Gasteiger partial charge is 0.254 e. The molecule has 2 heterocycles. The molecule has 2 rings (SSSR count). The van der Waals surface area contributed by atoms with Crippen LogP contribution in [0.2, 0.25) is 0 Å². The average molecular weight is 265 g/mol. The van der Waals surface area contributed by atoms with Crippen LogP contribution in [-0.2, 0) is 0 Å². The third kappa shape index (κ3) is 2.61. The molecule has 1 amide bonds. The Hall–Kier alpha value is -1.23. The zero-order valence-corrected chi connectivity index (χ0v) is 11.8. The Labute approximate surface area is 112 Å². The van der Waals surface area contributed by atoms with Crippen LogP contribution in [0.5, 0.6) is 0 Å². The lowest BCUT2D eigenvalue weighted by Crippen LogP contribution is -2.47. The molecule has 1 aliphatic heterocycles. The molecule has 2 atom stereocenters. The lowest BCUT2D eigenvalue weighted by atomic mass is 10.1. The Morgan fingerprint density at radius 3 is 3.06 bits per heavy atom. The van der Waals surface area contributed by atoms with Crippen LogP contribution >= 0.6 is 11.8 Å². The molecular formula is C13H19N3OS. The molecule has 5 heteroatoms. The van der Waals surface area contributed by atoms with Crippen molar-refractivity contribution in [2.75, 3.05) is 24.7 Å². The third-order valence-electron chi connectivity index (χ3n) is 3.41. The van der Waals surface area contributed by atoms with E-state index in [1.54, 1.807) is 19.3 Å². The highest BCUT2D eigenvalue weighted by molar-refractivity contribution is 8.00. The Bertz CT molecular complexity index is 438. The summed E-state index contributed by atoms with van der Waals surface area (Å²) in [4.78, 5) is 18.6. The van der Waals surface area contributed by atoms with E-state index < -0.39 is 0 Å². The van der Waals surface area contributed by atoms with Gasteiger partial charge in [0.1, 0.15) is 5.82 Å². The van der Waals surface area contributed by atoms with E-state index in [2.05, 4.69) is 24.1 Å². The third-order valence-corrected chi connectivity index (χ3v) is 4.75. The van der Waals surface area contributed by atoms with E-state index in [9.17, 15) is 4.79 Å². The number of anilines is 1. The van der Waals surface area contributed by atoms with Crippen LogP contribution in [0.3, 0.4) is 0 Å². The van der Waals surface area contributed by atoms with Gasteiger partial charge in [-0.2, -0.15) is 11.8 Å². The highest BCUT2D eigenvalue weighted by Crippen LogP contribution is 2.25. The number of pyridine rings is 1. The molecule has 1 aliphatic rings. The summed E-state index contributed by atoms with van der Waals surface area (Å²) in [6.07, 6.45) is 1.67. The molecular weight excluding hydrogens is 246 g/mol. The van der Waals surface area contributed by atoms with Crippen molar-refractivity contribution in [1.29, 1.82) is 0 Å². The molecule has 1 aromatic heterocycles. The van der Waals surface area contributed by atoms with Gasteiger partial charge in [0.15, 0.2) is 0 Å². The predicted molar refractivity (Wildman–Crippen MR) is 76.2 cm³/mol. The predicted octanol–water partition coefficient (Wildman–Crippen LogP) is 2.09. The van der Waals surface area contributed by atoms with E-state index in [4.69, 9.17) is 0 Å². The number of thioether (sulfide) groups is 1. The van der Waals surface area contributed by atoms with Crippen LogP contribution in [0.1, 0.15) is 24.2 Å². The highest BCUT2D eigenvalue weighted by Gasteiger charge is 2.29. The number of hydrogen-bond acceptors (Lipinski definition) is 4. The summed E-state index contributed by atoms with van der Waals surface area (Å²) in [6, 6.07) is 3.87. The van der Waals surface area contributed by atoms with Crippen molar-refractivity contribution in [2.45, 2.75) is 25.1 Å². The average Bonchev–Trinajstić information content (AvgIpc) is 2.41. The number of nitrogens with one attached hydrogen (secondary N) is 1. The molecule has 2 unspecified atom stereocenters. The Kier molecular flexibility index (Phi) is 4.11. The van der Waals surface area contributed by atoms with E-state index in [-0.39, 0.29) is 11.9 Å². The summed E-state index contributed by atoms with van der Waals surface area (Å²) >= 11 is 1.93. The van der Waals surface area contributed by atoms with Gasteiger partial charge in [-0.1, -0.05) is 6.92 Å². The van der Waals surface area contributed by atoms with Crippen molar-refractivity contribution in [3.63, 3.8) is 0 Å². The first-order valence-corrected chi connectivity index (χ1v) is 7.24. The minimum absolute atomic E-state index is 0.105. The second kappa shape index (κ2) is 5.61. The fourth-order valence-electron chi connectivity index (χ4n) is 2.09. The molecule has 0 saturated carbocycles. The van der Waals surface area contributed by atoms with Gasteiger partial charge in [0.2, 0.25) is 0 Å². The van der Waals surface area contributed by atoms with Gasteiger partial charge < -0.3 is 10.2 Å². The number of rotatable bonds is 2. The van der Waals surface area contributed by atoms with Gasteiger partial charge in [-0.25, -0.2) is 4.98 Å². The maximum atomic E-state index is 12.5. The summed E-state index contributed by atoms with van der Waals surface area (Å²) < 4.78 is 0. The summed E-state index contributed by atoms with van der Waals surface area (Å²) in [5.74, 6) is 1.85. The maximum Gasteiger partial charge on any atom is 0.254 e. The van der Waals surface area contributed by atoms with Gasteiger partial charge in [-0.05, 0) is 19.1 Å². The molecule has 0 bridgehead atoms. The largest absolute Gasteiger partial charge is 0.373 e. The van der Waals surface area contributed by atoms with Gasteiger partial charge in [-0.15, -0.1) is 0 Å². The summed E-state index contributed by atoms with van der Waals surface area (Å²) in [6.45, 7) is 5.13. The first-order valence-electron chi connectivity index (χ1n) is 6.20. The molecule has 0 aliphatic carbocycles. The number of aromatic nitrogens is 1. The number of nitrogens with zero attached hydrogens (tertiary/aromatic N) is 2. The lowest BCUT2D eigenvalue weighted by molar-refractivity contribution is 0.0698. The van der Waals surface area contributed by atoms with Gasteiger partial charge in [-0.3, -0.25) is 4.79 Å². The van der Waals surface area contributed by atoms with E-state index in [0.29, 0.717) is 10.8 Å². The number of amides is 1. The quantitative estimate of drug-likeness (QED) is 0.889. The molecule has 98 valence electrons. The molecule has 0 aromatic carbocycles. The molecule has 1 aromatic rings. The minimum atomic E-state index is 0.105. The molecule has 1 saturated heterocycles. The van der Waals surface area contributed by atoms with E-state index in [1.165, 1.54) is 0 Å². The topological polar surface area (TPSA) is 45.2 Å². The van der Waals surface area contributed by atoms with Crippen molar-refractivity contribution >= 4 is 23.5 Å². The van der Waals surface area contributed by atoms with Crippen molar-refractivity contribution in [3.05, 3.63) is 23.9 Å². The SMILES string of the molecule is CNc1cc(C(=O)N2CCSC(C)C2C)ccn1. The van der Waals surface area contributed by atoms with E-state index in [1.807, 2.05) is 22.7 Å². The first kappa shape index (κ1) is 13.2. The second-order valence-electron chi connectivity index (χ2n) is 4.49. The van der Waals surface area contributed by atoms with Crippen molar-refractivity contribution in [1.82, 2.24) is 9.88 Å². The normalized spacial score (nSPS) is 23.8. The van der Waals surface area contributed by atoms with Crippen LogP contribution in [0.15, 0.2) is 18.3 Å². The lowest BCUT2D eigenvalue weighted by Gasteiger charge is -2.37. The molecule has 0 spiro atoms. The Morgan fingerprint density at radius 1 is 1.56 bits per heavy atom. The standard InChI is InChI=1S/C13H19N3OS/c1-9-10(2)18-7-6-16(9)13(17)11-4-5-15-12(8-11)14-3/h4-5,8-10H,6-7H2,1-3H3,(H,14,15). The van der Waals surface area contributed by atoms with Crippen LogP contribution in [0.4, 0.5) is 5.82 Å². The number of hydrogen-bond donors (Lipinski definition) is 1. The Balaban J connectivity index is 2.19. The van der Waals surface area contributed by atoms with Crippen LogP contribution in [-0.4, -0.2) is 46.4 Å². The fraction of sp³-hybridized carbons (Fsp3) is 0.538. The van der Waals surface area contributed by atoms with Crippen molar-refractivity contribution < 1.29 is 4.79 Å². The molecule has 1 fully saturated rings. The van der Waals surface area contributed by atoms with Crippen molar-refractivity contribution in [2.24, 2.45) is 0 Å². The van der Waals surface area contributed by atoms with Gasteiger partial charge in [0, 0.05) is 42.4 Å². The van der Waals surface area contributed by atoms with E-state index in [0.717, 1.165) is 18.1 Å². The monoisotopic (exact) mass is 265 g/mol. The zero-order chi connectivity index (χ0) is 13.1. The number of carbonyl (C=O) groups excluding carboxylic acids is 1. The van der Waals surface area contributed by atoms with Crippen LogP contribution in [0.25, 0.3) is 0 Å². The molecule has 18 heavy (non-hydrogen) atoms. The summed E-state index contributed by atoms with van der Waals surface area (Å²) in [5.41, 5.74) is 0.709. The first-order chi connectivity index (χ1) is 8.63. The molecule has 4 nitrogen and oxygen atoms in total. The summed E-state index contributed by atoms with van der Waals surface area (Å²) in [5, 5.41) is 3.45. The van der Waals surface area contributed by atoms with E-state index >= 15 is 0 Å². The van der Waals surface area contributed by atoms with Gasteiger partial charge in [0.05, 0.1) is 0 Å². The van der Waals surface area contributed by atoms with Gasteiger partial charge in [0.25, 0.3) is 5.91 Å².